The van der Waals surface area contributed by atoms with Crippen LogP contribution in [-0.2, 0) is 4.79 Å². The lowest BCUT2D eigenvalue weighted by Gasteiger charge is -1.88. The molecule has 60 valence electrons. The van der Waals surface area contributed by atoms with Crippen LogP contribution in [0.15, 0.2) is 36.5 Å². The largest absolute Gasteiger partial charge is 0.298 e. The molecule has 0 bridgehead atoms. The van der Waals surface area contributed by atoms with Gasteiger partial charge in [-0.15, -0.1) is 6.58 Å². The Morgan fingerprint density at radius 3 is 2.73 bits per heavy atom. The number of hydrogen-bond donors (Lipinski definition) is 0. The molecule has 0 saturated heterocycles. The standard InChI is InChI=1S/C10H14O/c1-3-5-6-8-10(9-11)7-4-2/h4-6,8-9H,2-3,7H2,1H3. The zero-order chi connectivity index (χ0) is 8.53. The predicted molar refractivity (Wildman–Crippen MR) is 48.4 cm³/mol. The molecule has 0 spiro atoms. The van der Waals surface area contributed by atoms with Gasteiger partial charge >= 0.3 is 0 Å². The monoisotopic (exact) mass is 150 g/mol. The zero-order valence-corrected chi connectivity index (χ0v) is 6.92. The third-order valence-corrected chi connectivity index (χ3v) is 1.21. The highest BCUT2D eigenvalue weighted by Crippen LogP contribution is 1.98. The molecule has 0 fully saturated rings. The minimum absolute atomic E-state index is 0.650. The molecule has 0 amide bonds. The van der Waals surface area contributed by atoms with E-state index >= 15 is 0 Å². The summed E-state index contributed by atoms with van der Waals surface area (Å²) < 4.78 is 0. The van der Waals surface area contributed by atoms with Crippen LogP contribution in [0.1, 0.15) is 19.8 Å². The molecular formula is C10H14O. The summed E-state index contributed by atoms with van der Waals surface area (Å²) in [6.45, 7) is 5.61. The van der Waals surface area contributed by atoms with Gasteiger partial charge in [-0.2, -0.15) is 0 Å². The van der Waals surface area contributed by atoms with Crippen LogP contribution in [-0.4, -0.2) is 6.29 Å². The number of allylic oxidation sites excluding steroid dienone is 5. The Morgan fingerprint density at radius 1 is 1.55 bits per heavy atom. The van der Waals surface area contributed by atoms with Crippen LogP contribution in [0.4, 0.5) is 0 Å². The first-order valence-electron chi connectivity index (χ1n) is 3.77. The molecular weight excluding hydrogens is 136 g/mol. The number of carbonyl (C=O) groups excluding carboxylic acids is 1. The van der Waals surface area contributed by atoms with Crippen molar-refractivity contribution in [1.29, 1.82) is 0 Å². The first-order chi connectivity index (χ1) is 5.35. The van der Waals surface area contributed by atoms with Gasteiger partial charge in [-0.1, -0.05) is 31.2 Å². The van der Waals surface area contributed by atoms with E-state index < -0.39 is 0 Å². The van der Waals surface area contributed by atoms with Gasteiger partial charge in [0.15, 0.2) is 0 Å². The Labute approximate surface area is 68.1 Å². The van der Waals surface area contributed by atoms with E-state index in [9.17, 15) is 4.79 Å². The number of hydrogen-bond acceptors (Lipinski definition) is 1. The minimum atomic E-state index is 0.650. The maximum absolute atomic E-state index is 10.3. The van der Waals surface area contributed by atoms with Crippen LogP contribution in [0, 0.1) is 0 Å². The smallest absolute Gasteiger partial charge is 0.146 e. The van der Waals surface area contributed by atoms with Crippen LogP contribution < -0.4 is 0 Å². The molecule has 0 heterocycles. The summed E-state index contributed by atoms with van der Waals surface area (Å²) in [4.78, 5) is 10.3. The molecule has 11 heavy (non-hydrogen) atoms. The molecule has 1 nitrogen and oxygen atoms in total. The molecule has 0 atom stereocenters. The zero-order valence-electron chi connectivity index (χ0n) is 6.92. The van der Waals surface area contributed by atoms with Crippen molar-refractivity contribution in [3.05, 3.63) is 36.5 Å². The fourth-order valence-electron chi connectivity index (χ4n) is 0.650. The van der Waals surface area contributed by atoms with Gasteiger partial charge < -0.3 is 0 Å². The molecule has 0 aromatic heterocycles. The second-order valence-corrected chi connectivity index (χ2v) is 2.19. The summed E-state index contributed by atoms with van der Waals surface area (Å²) in [6.07, 6.45) is 9.95. The Kier molecular flexibility index (Phi) is 6.30. The van der Waals surface area contributed by atoms with Crippen molar-refractivity contribution in [1.82, 2.24) is 0 Å². The Morgan fingerprint density at radius 2 is 2.27 bits per heavy atom. The summed E-state index contributed by atoms with van der Waals surface area (Å²) in [6, 6.07) is 0. The molecule has 0 N–H and O–H groups in total. The minimum Gasteiger partial charge on any atom is -0.298 e. The maximum Gasteiger partial charge on any atom is 0.146 e. The van der Waals surface area contributed by atoms with Crippen LogP contribution in [0.25, 0.3) is 0 Å². The molecule has 0 saturated carbocycles. The van der Waals surface area contributed by atoms with Crippen molar-refractivity contribution in [2.24, 2.45) is 0 Å². The lowest BCUT2D eigenvalue weighted by Crippen LogP contribution is -1.79. The van der Waals surface area contributed by atoms with Crippen LogP contribution >= 0.6 is 0 Å². The van der Waals surface area contributed by atoms with E-state index in [-0.39, 0.29) is 0 Å². The molecule has 0 aromatic carbocycles. The fourth-order valence-corrected chi connectivity index (χ4v) is 0.650. The molecule has 0 aromatic rings. The van der Waals surface area contributed by atoms with Crippen LogP contribution in [0.3, 0.4) is 0 Å². The topological polar surface area (TPSA) is 17.1 Å². The molecule has 0 aliphatic carbocycles. The van der Waals surface area contributed by atoms with Crippen molar-refractivity contribution >= 4 is 6.29 Å². The van der Waals surface area contributed by atoms with Crippen molar-refractivity contribution < 1.29 is 4.79 Å². The van der Waals surface area contributed by atoms with Gasteiger partial charge in [0.2, 0.25) is 0 Å². The van der Waals surface area contributed by atoms with E-state index in [4.69, 9.17) is 0 Å². The Balaban J connectivity index is 3.99. The number of rotatable bonds is 5. The third kappa shape index (κ3) is 5.34. The summed E-state index contributed by atoms with van der Waals surface area (Å²) >= 11 is 0. The van der Waals surface area contributed by atoms with Gasteiger partial charge in [0.25, 0.3) is 0 Å². The van der Waals surface area contributed by atoms with Gasteiger partial charge in [0, 0.05) is 0 Å². The summed E-state index contributed by atoms with van der Waals surface area (Å²) in [5.41, 5.74) is 0.768. The van der Waals surface area contributed by atoms with E-state index in [0.717, 1.165) is 18.3 Å². The average Bonchev–Trinajstić information content (AvgIpc) is 2.03. The summed E-state index contributed by atoms with van der Waals surface area (Å²) in [7, 11) is 0. The normalized spacial score (nSPS) is 11.9. The van der Waals surface area contributed by atoms with Crippen molar-refractivity contribution in [3.63, 3.8) is 0 Å². The lowest BCUT2D eigenvalue weighted by molar-refractivity contribution is -0.104. The highest BCUT2D eigenvalue weighted by Gasteiger charge is 1.86. The van der Waals surface area contributed by atoms with Crippen molar-refractivity contribution in [2.75, 3.05) is 0 Å². The van der Waals surface area contributed by atoms with Crippen LogP contribution in [0.2, 0.25) is 0 Å². The third-order valence-electron chi connectivity index (χ3n) is 1.21. The average molecular weight is 150 g/mol. The molecule has 0 rings (SSSR count). The molecule has 1 heteroatoms. The highest BCUT2D eigenvalue weighted by atomic mass is 16.1. The van der Waals surface area contributed by atoms with Gasteiger partial charge in [-0.05, 0) is 18.4 Å². The van der Waals surface area contributed by atoms with Gasteiger partial charge in [-0.3, -0.25) is 4.79 Å². The molecule has 0 radical (unpaired) electrons. The molecule has 0 aliphatic rings. The van der Waals surface area contributed by atoms with E-state index in [2.05, 4.69) is 13.5 Å². The second-order valence-electron chi connectivity index (χ2n) is 2.19. The van der Waals surface area contributed by atoms with E-state index in [1.54, 1.807) is 6.08 Å². The van der Waals surface area contributed by atoms with E-state index in [1.165, 1.54) is 0 Å². The number of aldehydes is 1. The molecule has 0 unspecified atom stereocenters. The van der Waals surface area contributed by atoms with E-state index in [0.29, 0.717) is 6.42 Å². The van der Waals surface area contributed by atoms with Crippen molar-refractivity contribution in [2.45, 2.75) is 19.8 Å². The molecule has 0 aliphatic heterocycles. The number of carbonyl (C=O) groups is 1. The Hall–Kier alpha value is -1.11. The Bertz CT molecular complexity index is 175. The van der Waals surface area contributed by atoms with Crippen molar-refractivity contribution in [3.8, 4) is 0 Å². The van der Waals surface area contributed by atoms with E-state index in [1.807, 2.05) is 18.2 Å². The quantitative estimate of drug-likeness (QED) is 0.255. The van der Waals surface area contributed by atoms with Gasteiger partial charge in [0.1, 0.15) is 6.29 Å². The fraction of sp³-hybridized carbons (Fsp3) is 0.300. The highest BCUT2D eigenvalue weighted by molar-refractivity contribution is 5.74. The first kappa shape index (κ1) is 9.89. The summed E-state index contributed by atoms with van der Waals surface area (Å²) in [5, 5.41) is 0. The maximum atomic E-state index is 10.3. The summed E-state index contributed by atoms with van der Waals surface area (Å²) in [5.74, 6) is 0. The predicted octanol–water partition coefficient (Wildman–Crippen LogP) is 2.65. The lowest BCUT2D eigenvalue weighted by atomic mass is 10.2. The van der Waals surface area contributed by atoms with Crippen LogP contribution in [0.5, 0.6) is 0 Å². The van der Waals surface area contributed by atoms with Gasteiger partial charge in [0.05, 0.1) is 0 Å². The second kappa shape index (κ2) is 7.00. The SMILES string of the molecule is C=CCC(C=O)=CC=CCC. The van der Waals surface area contributed by atoms with Gasteiger partial charge in [-0.25, -0.2) is 0 Å². The first-order valence-corrected chi connectivity index (χ1v) is 3.77.